The predicted molar refractivity (Wildman–Crippen MR) is 118 cm³/mol. The number of ether oxygens (including phenoxy) is 2. The number of rotatable bonds is 10. The molecule has 1 aromatic carbocycles. The van der Waals surface area contributed by atoms with E-state index in [4.69, 9.17) is 15.2 Å². The standard InChI is InChI=1S/C23H28N4O4/c24-9-12-31-14-13-30-11-2-3-16-5-6-17-18-4-1-10-25-22(18)27(20(17)15-16)19-7-8-21(28)26-23(19)29/h1,4-6,10,15,19H,2-3,7-9,11-14,24H2,(H,26,28,29). The van der Waals surface area contributed by atoms with Gasteiger partial charge in [0.05, 0.1) is 25.3 Å². The molecule has 4 rings (SSSR count). The summed E-state index contributed by atoms with van der Waals surface area (Å²) in [5, 5.41) is 4.54. The lowest BCUT2D eigenvalue weighted by atomic mass is 10.0. The minimum Gasteiger partial charge on any atom is -0.379 e. The number of nitrogens with two attached hydrogens (primary N) is 1. The molecular formula is C23H28N4O4. The molecule has 8 nitrogen and oxygen atoms in total. The number of amides is 2. The molecule has 3 heterocycles. The molecule has 3 N–H and O–H groups in total. The first kappa shape index (κ1) is 21.4. The Kier molecular flexibility index (Phi) is 6.91. The van der Waals surface area contributed by atoms with Crippen LogP contribution in [0.5, 0.6) is 0 Å². The van der Waals surface area contributed by atoms with Crippen LogP contribution >= 0.6 is 0 Å². The Bertz CT molecular complexity index is 1080. The van der Waals surface area contributed by atoms with Crippen molar-refractivity contribution in [3.8, 4) is 0 Å². The SMILES string of the molecule is NCCOCCOCCCc1ccc2c3cccnc3n(C3CCC(=O)NC3=O)c2c1. The zero-order chi connectivity index (χ0) is 21.6. The minimum atomic E-state index is -0.445. The topological polar surface area (TPSA) is 108 Å². The van der Waals surface area contributed by atoms with Gasteiger partial charge in [-0.05, 0) is 43.0 Å². The third-order valence-electron chi connectivity index (χ3n) is 5.54. The molecule has 2 amide bonds. The summed E-state index contributed by atoms with van der Waals surface area (Å²) in [6.07, 6.45) is 4.29. The number of aromatic nitrogens is 2. The summed E-state index contributed by atoms with van der Waals surface area (Å²) in [4.78, 5) is 28.8. The highest BCUT2D eigenvalue weighted by Crippen LogP contribution is 2.34. The third kappa shape index (κ3) is 4.76. The molecule has 1 aliphatic rings. The second-order valence-corrected chi connectivity index (χ2v) is 7.68. The number of carbonyl (C=O) groups excluding carboxylic acids is 2. The van der Waals surface area contributed by atoms with Crippen molar-refractivity contribution in [3.63, 3.8) is 0 Å². The Morgan fingerprint density at radius 3 is 2.74 bits per heavy atom. The van der Waals surface area contributed by atoms with E-state index in [1.807, 2.05) is 16.7 Å². The average molecular weight is 425 g/mol. The second-order valence-electron chi connectivity index (χ2n) is 7.68. The Hall–Kier alpha value is -2.81. The summed E-state index contributed by atoms with van der Waals surface area (Å²) in [7, 11) is 0. The number of imide groups is 1. The number of hydrogen-bond acceptors (Lipinski definition) is 6. The molecule has 164 valence electrons. The summed E-state index contributed by atoms with van der Waals surface area (Å²) < 4.78 is 12.9. The summed E-state index contributed by atoms with van der Waals surface area (Å²) >= 11 is 0. The van der Waals surface area contributed by atoms with Crippen molar-refractivity contribution in [1.29, 1.82) is 0 Å². The van der Waals surface area contributed by atoms with Gasteiger partial charge in [0.15, 0.2) is 0 Å². The van der Waals surface area contributed by atoms with E-state index in [2.05, 4.69) is 28.5 Å². The van der Waals surface area contributed by atoms with Crippen LogP contribution in [0.4, 0.5) is 0 Å². The van der Waals surface area contributed by atoms with Gasteiger partial charge < -0.3 is 19.8 Å². The zero-order valence-corrected chi connectivity index (χ0v) is 17.5. The van der Waals surface area contributed by atoms with Crippen LogP contribution in [0.25, 0.3) is 21.9 Å². The Morgan fingerprint density at radius 2 is 1.94 bits per heavy atom. The fourth-order valence-corrected chi connectivity index (χ4v) is 4.10. The van der Waals surface area contributed by atoms with Crippen molar-refractivity contribution in [1.82, 2.24) is 14.9 Å². The Balaban J connectivity index is 1.52. The van der Waals surface area contributed by atoms with Crippen LogP contribution < -0.4 is 11.1 Å². The summed E-state index contributed by atoms with van der Waals surface area (Å²) in [5.41, 5.74) is 8.29. The normalized spacial score (nSPS) is 16.9. The number of pyridine rings is 1. The number of nitrogens with zero attached hydrogens (tertiary/aromatic N) is 2. The van der Waals surface area contributed by atoms with Gasteiger partial charge in [0.25, 0.3) is 0 Å². The highest BCUT2D eigenvalue weighted by molar-refractivity contribution is 6.09. The van der Waals surface area contributed by atoms with Crippen LogP contribution in [0.2, 0.25) is 0 Å². The monoisotopic (exact) mass is 424 g/mol. The van der Waals surface area contributed by atoms with E-state index in [0.29, 0.717) is 45.8 Å². The smallest absolute Gasteiger partial charge is 0.249 e. The Labute approximate surface area is 180 Å². The fourth-order valence-electron chi connectivity index (χ4n) is 4.10. The lowest BCUT2D eigenvalue weighted by molar-refractivity contribution is -0.135. The maximum absolute atomic E-state index is 12.6. The quantitative estimate of drug-likeness (QED) is 0.381. The molecule has 3 aromatic rings. The van der Waals surface area contributed by atoms with E-state index in [9.17, 15) is 9.59 Å². The molecular weight excluding hydrogens is 396 g/mol. The molecule has 1 unspecified atom stereocenters. The molecule has 8 heteroatoms. The third-order valence-corrected chi connectivity index (χ3v) is 5.54. The van der Waals surface area contributed by atoms with E-state index in [1.54, 1.807) is 6.20 Å². The number of aryl methyl sites for hydroxylation is 1. The van der Waals surface area contributed by atoms with E-state index in [0.717, 1.165) is 34.8 Å². The molecule has 0 saturated carbocycles. The zero-order valence-electron chi connectivity index (χ0n) is 17.5. The van der Waals surface area contributed by atoms with Crippen LogP contribution in [0.1, 0.15) is 30.9 Å². The lowest BCUT2D eigenvalue weighted by Gasteiger charge is -2.23. The van der Waals surface area contributed by atoms with Gasteiger partial charge in [0.1, 0.15) is 11.7 Å². The highest BCUT2D eigenvalue weighted by Gasteiger charge is 2.30. The first-order chi connectivity index (χ1) is 15.2. The van der Waals surface area contributed by atoms with Gasteiger partial charge in [0, 0.05) is 36.5 Å². The van der Waals surface area contributed by atoms with Gasteiger partial charge in [-0.15, -0.1) is 0 Å². The van der Waals surface area contributed by atoms with Gasteiger partial charge in [-0.25, -0.2) is 4.98 Å². The number of benzene rings is 1. The maximum Gasteiger partial charge on any atom is 0.249 e. The van der Waals surface area contributed by atoms with E-state index >= 15 is 0 Å². The number of nitrogens with one attached hydrogen (secondary N) is 1. The molecule has 0 aliphatic carbocycles. The van der Waals surface area contributed by atoms with Crippen molar-refractivity contribution in [2.24, 2.45) is 5.73 Å². The summed E-state index contributed by atoms with van der Waals surface area (Å²) in [5.74, 6) is -0.486. The number of carbonyl (C=O) groups is 2. The van der Waals surface area contributed by atoms with Crippen LogP contribution in [0, 0.1) is 0 Å². The van der Waals surface area contributed by atoms with E-state index in [1.165, 1.54) is 5.56 Å². The highest BCUT2D eigenvalue weighted by atomic mass is 16.5. The Morgan fingerprint density at radius 1 is 1.10 bits per heavy atom. The second kappa shape index (κ2) is 10.00. The first-order valence-electron chi connectivity index (χ1n) is 10.8. The fraction of sp³-hybridized carbons (Fsp3) is 0.435. The van der Waals surface area contributed by atoms with E-state index in [-0.39, 0.29) is 11.8 Å². The van der Waals surface area contributed by atoms with Crippen molar-refractivity contribution >= 4 is 33.8 Å². The molecule has 1 aliphatic heterocycles. The van der Waals surface area contributed by atoms with Crippen molar-refractivity contribution in [2.75, 3.05) is 33.0 Å². The predicted octanol–water partition coefficient (Wildman–Crippen LogP) is 2.09. The summed E-state index contributed by atoms with van der Waals surface area (Å²) in [6, 6.07) is 9.82. The molecule has 1 fully saturated rings. The number of fused-ring (bicyclic) bond motifs is 3. The molecule has 31 heavy (non-hydrogen) atoms. The van der Waals surface area contributed by atoms with Gasteiger partial charge in [-0.3, -0.25) is 14.9 Å². The van der Waals surface area contributed by atoms with E-state index < -0.39 is 6.04 Å². The van der Waals surface area contributed by atoms with Gasteiger partial charge in [-0.2, -0.15) is 0 Å². The van der Waals surface area contributed by atoms with Gasteiger partial charge >= 0.3 is 0 Å². The molecule has 1 saturated heterocycles. The van der Waals surface area contributed by atoms with Crippen LogP contribution in [-0.4, -0.2) is 54.3 Å². The number of piperidine rings is 1. The first-order valence-corrected chi connectivity index (χ1v) is 10.8. The number of hydrogen-bond donors (Lipinski definition) is 2. The van der Waals surface area contributed by atoms with Crippen molar-refractivity contribution < 1.29 is 19.1 Å². The molecule has 0 spiro atoms. The molecule has 0 radical (unpaired) electrons. The van der Waals surface area contributed by atoms with Crippen LogP contribution in [-0.2, 0) is 25.5 Å². The van der Waals surface area contributed by atoms with Crippen LogP contribution in [0.3, 0.4) is 0 Å². The maximum atomic E-state index is 12.6. The average Bonchev–Trinajstić information content (AvgIpc) is 3.09. The van der Waals surface area contributed by atoms with Gasteiger partial charge in [0.2, 0.25) is 11.8 Å². The molecule has 2 aromatic heterocycles. The molecule has 1 atom stereocenters. The van der Waals surface area contributed by atoms with Gasteiger partial charge in [-0.1, -0.05) is 12.1 Å². The largest absolute Gasteiger partial charge is 0.379 e. The minimum absolute atomic E-state index is 0.218. The summed E-state index contributed by atoms with van der Waals surface area (Å²) in [6.45, 7) is 2.85. The van der Waals surface area contributed by atoms with Crippen molar-refractivity contribution in [2.45, 2.75) is 31.7 Å². The lowest BCUT2D eigenvalue weighted by Crippen LogP contribution is -2.41. The van der Waals surface area contributed by atoms with Crippen LogP contribution in [0.15, 0.2) is 36.5 Å². The van der Waals surface area contributed by atoms with Crippen molar-refractivity contribution in [3.05, 3.63) is 42.1 Å². The molecule has 0 bridgehead atoms.